The Hall–Kier alpha value is -2.18. The number of aryl methyl sites for hydroxylation is 2. The van der Waals surface area contributed by atoms with Crippen molar-refractivity contribution in [2.24, 2.45) is 0 Å². The summed E-state index contributed by atoms with van der Waals surface area (Å²) in [5.74, 6) is -0.115. The first-order valence-corrected chi connectivity index (χ1v) is 7.65. The number of nitrogens with zero attached hydrogens (tertiary/aromatic N) is 3. The first-order chi connectivity index (χ1) is 10.9. The van der Waals surface area contributed by atoms with Crippen LogP contribution in [0, 0.1) is 20.8 Å². The lowest BCUT2D eigenvalue weighted by atomic mass is 10.2. The number of rotatable bonds is 6. The SMILES string of the molecule is Cc1ccc(-n2nc(C)c(NC(=O)CN(C)CCO)c2C)cc1. The van der Waals surface area contributed by atoms with Crippen molar-refractivity contribution in [3.8, 4) is 5.69 Å². The molecule has 0 fully saturated rings. The van der Waals surface area contributed by atoms with Gasteiger partial charge in [-0.3, -0.25) is 9.69 Å². The van der Waals surface area contributed by atoms with Gasteiger partial charge in [0.05, 0.1) is 35.9 Å². The largest absolute Gasteiger partial charge is 0.395 e. The summed E-state index contributed by atoms with van der Waals surface area (Å²) in [7, 11) is 1.80. The highest BCUT2D eigenvalue weighted by atomic mass is 16.3. The van der Waals surface area contributed by atoms with Gasteiger partial charge in [0.2, 0.25) is 5.91 Å². The van der Waals surface area contributed by atoms with Gasteiger partial charge in [0.15, 0.2) is 0 Å². The third-order valence-electron chi connectivity index (χ3n) is 3.73. The summed E-state index contributed by atoms with van der Waals surface area (Å²) in [6.07, 6.45) is 0. The Balaban J connectivity index is 2.18. The van der Waals surface area contributed by atoms with E-state index in [4.69, 9.17) is 5.11 Å². The van der Waals surface area contributed by atoms with Crippen LogP contribution in [0.25, 0.3) is 5.69 Å². The second-order valence-corrected chi connectivity index (χ2v) is 5.80. The van der Waals surface area contributed by atoms with Gasteiger partial charge in [-0.25, -0.2) is 4.68 Å². The average molecular weight is 316 g/mol. The molecule has 0 aliphatic carbocycles. The minimum absolute atomic E-state index is 0.0349. The van der Waals surface area contributed by atoms with Gasteiger partial charge in [-0.2, -0.15) is 5.10 Å². The van der Waals surface area contributed by atoms with Crippen molar-refractivity contribution in [3.63, 3.8) is 0 Å². The first kappa shape index (κ1) is 17.2. The van der Waals surface area contributed by atoms with E-state index in [-0.39, 0.29) is 19.1 Å². The number of nitrogens with one attached hydrogen (secondary N) is 1. The molecular formula is C17H24N4O2. The van der Waals surface area contributed by atoms with Crippen LogP contribution in [0.5, 0.6) is 0 Å². The van der Waals surface area contributed by atoms with E-state index >= 15 is 0 Å². The van der Waals surface area contributed by atoms with Gasteiger partial charge in [-0.1, -0.05) is 17.7 Å². The van der Waals surface area contributed by atoms with Gasteiger partial charge in [-0.05, 0) is 40.0 Å². The molecule has 0 bridgehead atoms. The fourth-order valence-electron chi connectivity index (χ4n) is 2.43. The molecule has 0 aliphatic heterocycles. The van der Waals surface area contributed by atoms with Crippen LogP contribution in [0.4, 0.5) is 5.69 Å². The summed E-state index contributed by atoms with van der Waals surface area (Å²) in [5.41, 5.74) is 4.57. The molecule has 23 heavy (non-hydrogen) atoms. The number of carbonyl (C=O) groups is 1. The van der Waals surface area contributed by atoms with Crippen molar-refractivity contribution in [3.05, 3.63) is 41.2 Å². The van der Waals surface area contributed by atoms with E-state index in [1.54, 1.807) is 11.9 Å². The Morgan fingerprint density at radius 1 is 1.26 bits per heavy atom. The van der Waals surface area contributed by atoms with Gasteiger partial charge in [0.1, 0.15) is 0 Å². The molecule has 2 N–H and O–H groups in total. The lowest BCUT2D eigenvalue weighted by molar-refractivity contribution is -0.117. The molecule has 0 aliphatic rings. The molecule has 1 aromatic heterocycles. The predicted octanol–water partition coefficient (Wildman–Crippen LogP) is 1.66. The summed E-state index contributed by atoms with van der Waals surface area (Å²) >= 11 is 0. The van der Waals surface area contributed by atoms with Crippen LogP contribution in [-0.4, -0.2) is 52.4 Å². The number of aliphatic hydroxyl groups is 1. The standard InChI is InChI=1S/C17H24N4O2/c1-12-5-7-15(8-6-12)21-14(3)17(13(2)19-21)18-16(23)11-20(4)9-10-22/h5-8,22H,9-11H2,1-4H3,(H,18,23). The highest BCUT2D eigenvalue weighted by Gasteiger charge is 2.16. The molecule has 0 spiro atoms. The number of carbonyl (C=O) groups excluding carboxylic acids is 1. The molecule has 124 valence electrons. The molecule has 2 aromatic rings. The van der Waals surface area contributed by atoms with Crippen LogP contribution in [-0.2, 0) is 4.79 Å². The van der Waals surface area contributed by atoms with Crippen molar-refractivity contribution in [2.45, 2.75) is 20.8 Å². The molecule has 1 heterocycles. The number of hydrogen-bond donors (Lipinski definition) is 2. The minimum atomic E-state index is -0.115. The van der Waals surface area contributed by atoms with Gasteiger partial charge in [0, 0.05) is 6.54 Å². The van der Waals surface area contributed by atoms with Crippen LogP contribution in [0.1, 0.15) is 17.0 Å². The maximum absolute atomic E-state index is 12.1. The van der Waals surface area contributed by atoms with E-state index in [0.717, 1.165) is 22.8 Å². The zero-order valence-electron chi connectivity index (χ0n) is 14.1. The lowest BCUT2D eigenvalue weighted by Gasteiger charge is -2.14. The molecule has 6 nitrogen and oxygen atoms in total. The van der Waals surface area contributed by atoms with E-state index in [1.165, 1.54) is 5.56 Å². The average Bonchev–Trinajstić information content (AvgIpc) is 2.76. The third kappa shape index (κ3) is 4.18. The molecule has 0 atom stereocenters. The van der Waals surface area contributed by atoms with Gasteiger partial charge in [0.25, 0.3) is 0 Å². The number of anilines is 1. The van der Waals surface area contributed by atoms with E-state index in [0.29, 0.717) is 6.54 Å². The number of likely N-dealkylation sites (N-methyl/N-ethyl adjacent to an activating group) is 1. The summed E-state index contributed by atoms with van der Waals surface area (Å²) in [4.78, 5) is 13.9. The molecule has 1 aromatic carbocycles. The fraction of sp³-hybridized carbons (Fsp3) is 0.412. The monoisotopic (exact) mass is 316 g/mol. The molecule has 1 amide bonds. The number of aromatic nitrogens is 2. The summed E-state index contributed by atoms with van der Waals surface area (Å²) in [6, 6.07) is 8.09. The normalized spacial score (nSPS) is 11.0. The van der Waals surface area contributed by atoms with Crippen molar-refractivity contribution >= 4 is 11.6 Å². The molecule has 0 saturated heterocycles. The van der Waals surface area contributed by atoms with Crippen LogP contribution >= 0.6 is 0 Å². The number of amides is 1. The smallest absolute Gasteiger partial charge is 0.238 e. The quantitative estimate of drug-likeness (QED) is 0.850. The fourth-order valence-corrected chi connectivity index (χ4v) is 2.43. The topological polar surface area (TPSA) is 70.4 Å². The second-order valence-electron chi connectivity index (χ2n) is 5.80. The summed E-state index contributed by atoms with van der Waals surface area (Å²) in [6.45, 7) is 6.59. The van der Waals surface area contributed by atoms with Crippen molar-refractivity contribution in [1.82, 2.24) is 14.7 Å². The number of benzene rings is 1. The highest BCUT2D eigenvalue weighted by molar-refractivity contribution is 5.93. The Bertz CT molecular complexity index is 677. The molecular weight excluding hydrogens is 292 g/mol. The lowest BCUT2D eigenvalue weighted by Crippen LogP contribution is -2.32. The van der Waals surface area contributed by atoms with Gasteiger partial charge in [-0.15, -0.1) is 0 Å². The van der Waals surface area contributed by atoms with E-state index < -0.39 is 0 Å². The number of hydrogen-bond acceptors (Lipinski definition) is 4. The second kappa shape index (κ2) is 7.39. The first-order valence-electron chi connectivity index (χ1n) is 7.65. The van der Waals surface area contributed by atoms with Crippen LogP contribution < -0.4 is 5.32 Å². The summed E-state index contributed by atoms with van der Waals surface area (Å²) in [5, 5.41) is 16.3. The maximum Gasteiger partial charge on any atom is 0.238 e. The Morgan fingerprint density at radius 3 is 2.52 bits per heavy atom. The molecule has 6 heteroatoms. The predicted molar refractivity (Wildman–Crippen MR) is 91.0 cm³/mol. The van der Waals surface area contributed by atoms with E-state index in [1.807, 2.05) is 49.7 Å². The zero-order valence-corrected chi connectivity index (χ0v) is 14.1. The van der Waals surface area contributed by atoms with Gasteiger partial charge >= 0.3 is 0 Å². The van der Waals surface area contributed by atoms with Crippen molar-refractivity contribution in [1.29, 1.82) is 0 Å². The van der Waals surface area contributed by atoms with Gasteiger partial charge < -0.3 is 10.4 Å². The maximum atomic E-state index is 12.1. The van der Waals surface area contributed by atoms with E-state index in [9.17, 15) is 4.79 Å². The van der Waals surface area contributed by atoms with E-state index in [2.05, 4.69) is 10.4 Å². The Kier molecular flexibility index (Phi) is 5.52. The Labute approximate surface area is 136 Å². The zero-order chi connectivity index (χ0) is 17.0. The third-order valence-corrected chi connectivity index (χ3v) is 3.73. The Morgan fingerprint density at radius 2 is 1.91 bits per heavy atom. The molecule has 0 saturated carbocycles. The molecule has 0 unspecified atom stereocenters. The minimum Gasteiger partial charge on any atom is -0.395 e. The number of aliphatic hydroxyl groups excluding tert-OH is 1. The van der Waals surface area contributed by atoms with Crippen LogP contribution in [0.3, 0.4) is 0 Å². The molecule has 0 radical (unpaired) electrons. The van der Waals surface area contributed by atoms with Crippen molar-refractivity contribution < 1.29 is 9.90 Å². The van der Waals surface area contributed by atoms with Crippen molar-refractivity contribution in [2.75, 3.05) is 32.1 Å². The molecule has 2 rings (SSSR count). The summed E-state index contributed by atoms with van der Waals surface area (Å²) < 4.78 is 1.84. The van der Waals surface area contributed by atoms with Crippen LogP contribution in [0.15, 0.2) is 24.3 Å². The van der Waals surface area contributed by atoms with Crippen LogP contribution in [0.2, 0.25) is 0 Å². The highest BCUT2D eigenvalue weighted by Crippen LogP contribution is 2.23.